The van der Waals surface area contributed by atoms with Crippen molar-refractivity contribution in [2.24, 2.45) is 0 Å². The molecule has 1 aliphatic carbocycles. The van der Waals surface area contributed by atoms with Crippen molar-refractivity contribution < 1.29 is 10.2 Å². The molecule has 0 spiro atoms. The lowest BCUT2D eigenvalue weighted by molar-refractivity contribution is 0.134. The summed E-state index contributed by atoms with van der Waals surface area (Å²) in [5, 5.41) is 22.3. The first-order valence-electron chi connectivity index (χ1n) is 6.86. The molecule has 0 aromatic heterocycles. The number of rotatable bonds is 6. The third-order valence-electron chi connectivity index (χ3n) is 3.74. The molecule has 1 aromatic rings. The maximum atomic E-state index is 10.3. The Morgan fingerprint density at radius 1 is 1.28 bits per heavy atom. The molecule has 0 amide bonds. The average molecular weight is 249 g/mol. The van der Waals surface area contributed by atoms with E-state index in [1.807, 2.05) is 13.0 Å². The maximum Gasteiger partial charge on any atom is 0.0940 e. The Kier molecular flexibility index (Phi) is 4.75. The van der Waals surface area contributed by atoms with Crippen molar-refractivity contribution in [3.63, 3.8) is 0 Å². The van der Waals surface area contributed by atoms with E-state index in [0.29, 0.717) is 0 Å². The zero-order valence-electron chi connectivity index (χ0n) is 11.0. The molecule has 2 rings (SSSR count). The molecule has 2 unspecified atom stereocenters. The van der Waals surface area contributed by atoms with Crippen molar-refractivity contribution in [3.05, 3.63) is 34.9 Å². The number of benzene rings is 1. The topological polar surface area (TPSA) is 52.5 Å². The lowest BCUT2D eigenvalue weighted by Crippen LogP contribution is -2.33. The van der Waals surface area contributed by atoms with Crippen LogP contribution in [-0.2, 0) is 12.8 Å². The fourth-order valence-electron chi connectivity index (χ4n) is 2.58. The van der Waals surface area contributed by atoms with Gasteiger partial charge in [-0.25, -0.2) is 0 Å². The van der Waals surface area contributed by atoms with Gasteiger partial charge in [-0.15, -0.1) is 0 Å². The maximum absolute atomic E-state index is 10.3. The fourth-order valence-corrected chi connectivity index (χ4v) is 2.58. The number of hydrogen-bond acceptors (Lipinski definition) is 3. The van der Waals surface area contributed by atoms with E-state index < -0.39 is 6.10 Å². The summed E-state index contributed by atoms with van der Waals surface area (Å²) in [5.74, 6) is 0. The van der Waals surface area contributed by atoms with Gasteiger partial charge in [0, 0.05) is 12.6 Å². The largest absolute Gasteiger partial charge is 0.396 e. The summed E-state index contributed by atoms with van der Waals surface area (Å²) in [6.07, 6.45) is 3.80. The molecule has 1 aromatic carbocycles. The highest BCUT2D eigenvalue weighted by molar-refractivity contribution is 5.36. The van der Waals surface area contributed by atoms with Gasteiger partial charge in [-0.3, -0.25) is 0 Å². The highest BCUT2D eigenvalue weighted by atomic mass is 16.3. The molecule has 0 saturated heterocycles. The first-order valence-corrected chi connectivity index (χ1v) is 6.86. The Labute approximate surface area is 109 Å². The molecule has 2 atom stereocenters. The van der Waals surface area contributed by atoms with Crippen molar-refractivity contribution in [2.45, 2.75) is 44.8 Å². The van der Waals surface area contributed by atoms with Crippen LogP contribution in [0.25, 0.3) is 0 Å². The predicted molar refractivity (Wildman–Crippen MR) is 72.6 cm³/mol. The Balaban J connectivity index is 1.97. The first kappa shape index (κ1) is 13.5. The minimum Gasteiger partial charge on any atom is -0.396 e. The minimum atomic E-state index is -0.477. The molecule has 0 heterocycles. The summed E-state index contributed by atoms with van der Waals surface area (Å²) >= 11 is 0. The Bertz CT molecular complexity index is 392. The molecule has 0 saturated carbocycles. The standard InChI is InChI=1S/C15H23NO2/c1-11(16-8-3-9-17)15(18)14-7-6-12-4-2-5-13(12)10-14/h6-7,10-11,15-18H,2-5,8-9H2,1H3. The number of aliphatic hydroxyl groups is 2. The van der Waals surface area contributed by atoms with E-state index in [1.165, 1.54) is 24.0 Å². The predicted octanol–water partition coefficient (Wildman–Crippen LogP) is 1.57. The van der Waals surface area contributed by atoms with Gasteiger partial charge in [0.1, 0.15) is 0 Å². The Morgan fingerprint density at radius 2 is 2.06 bits per heavy atom. The summed E-state index contributed by atoms with van der Waals surface area (Å²) in [5.41, 5.74) is 3.83. The molecule has 0 bridgehead atoms. The van der Waals surface area contributed by atoms with E-state index in [0.717, 1.165) is 24.9 Å². The zero-order valence-corrected chi connectivity index (χ0v) is 11.0. The summed E-state index contributed by atoms with van der Waals surface area (Å²) < 4.78 is 0. The molecule has 3 nitrogen and oxygen atoms in total. The minimum absolute atomic E-state index is 0.0102. The third kappa shape index (κ3) is 3.10. The van der Waals surface area contributed by atoms with Crippen LogP contribution in [0.3, 0.4) is 0 Å². The summed E-state index contributed by atoms with van der Waals surface area (Å²) in [6, 6.07) is 6.36. The molecular formula is C15H23NO2. The summed E-state index contributed by atoms with van der Waals surface area (Å²) in [7, 11) is 0. The Hall–Kier alpha value is -0.900. The molecule has 0 aliphatic heterocycles. The van der Waals surface area contributed by atoms with Gasteiger partial charge in [-0.05, 0) is 55.8 Å². The van der Waals surface area contributed by atoms with Crippen molar-refractivity contribution in [1.82, 2.24) is 5.32 Å². The van der Waals surface area contributed by atoms with Gasteiger partial charge < -0.3 is 15.5 Å². The Morgan fingerprint density at radius 3 is 2.83 bits per heavy atom. The van der Waals surface area contributed by atoms with Crippen LogP contribution >= 0.6 is 0 Å². The van der Waals surface area contributed by atoms with Crippen LogP contribution in [0.5, 0.6) is 0 Å². The van der Waals surface area contributed by atoms with Crippen LogP contribution in [0.4, 0.5) is 0 Å². The highest BCUT2D eigenvalue weighted by Gasteiger charge is 2.18. The van der Waals surface area contributed by atoms with Gasteiger partial charge in [0.15, 0.2) is 0 Å². The van der Waals surface area contributed by atoms with Crippen molar-refractivity contribution in [3.8, 4) is 0 Å². The molecular weight excluding hydrogens is 226 g/mol. The van der Waals surface area contributed by atoms with E-state index in [2.05, 4.69) is 17.4 Å². The van der Waals surface area contributed by atoms with E-state index in [4.69, 9.17) is 5.11 Å². The SMILES string of the molecule is CC(NCCCO)C(O)c1ccc2c(c1)CCC2. The fraction of sp³-hybridized carbons (Fsp3) is 0.600. The molecule has 0 radical (unpaired) electrons. The van der Waals surface area contributed by atoms with Gasteiger partial charge in [-0.2, -0.15) is 0 Å². The van der Waals surface area contributed by atoms with Crippen molar-refractivity contribution in [2.75, 3.05) is 13.2 Å². The number of nitrogens with one attached hydrogen (secondary N) is 1. The lowest BCUT2D eigenvalue weighted by atomic mass is 9.99. The smallest absolute Gasteiger partial charge is 0.0940 e. The van der Waals surface area contributed by atoms with Crippen molar-refractivity contribution >= 4 is 0 Å². The summed E-state index contributed by atoms with van der Waals surface area (Å²) in [4.78, 5) is 0. The quantitative estimate of drug-likeness (QED) is 0.671. The average Bonchev–Trinajstić information content (AvgIpc) is 2.85. The van der Waals surface area contributed by atoms with Gasteiger partial charge in [0.2, 0.25) is 0 Å². The second kappa shape index (κ2) is 6.32. The number of hydrogen-bond donors (Lipinski definition) is 3. The second-order valence-electron chi connectivity index (χ2n) is 5.15. The molecule has 3 heteroatoms. The monoisotopic (exact) mass is 249 g/mol. The summed E-state index contributed by atoms with van der Waals surface area (Å²) in [6.45, 7) is 2.91. The van der Waals surface area contributed by atoms with E-state index in [1.54, 1.807) is 0 Å². The second-order valence-corrected chi connectivity index (χ2v) is 5.15. The van der Waals surface area contributed by atoms with Crippen LogP contribution in [0.2, 0.25) is 0 Å². The van der Waals surface area contributed by atoms with Gasteiger partial charge in [0.25, 0.3) is 0 Å². The van der Waals surface area contributed by atoms with Crippen LogP contribution in [0.15, 0.2) is 18.2 Å². The van der Waals surface area contributed by atoms with Gasteiger partial charge in [-0.1, -0.05) is 18.2 Å². The normalized spacial score (nSPS) is 17.5. The third-order valence-corrected chi connectivity index (χ3v) is 3.74. The van der Waals surface area contributed by atoms with Crippen LogP contribution in [0, 0.1) is 0 Å². The van der Waals surface area contributed by atoms with E-state index in [9.17, 15) is 5.11 Å². The molecule has 3 N–H and O–H groups in total. The zero-order chi connectivity index (χ0) is 13.0. The van der Waals surface area contributed by atoms with E-state index >= 15 is 0 Å². The molecule has 1 aliphatic rings. The highest BCUT2D eigenvalue weighted by Crippen LogP contribution is 2.26. The first-order chi connectivity index (χ1) is 8.72. The molecule has 18 heavy (non-hydrogen) atoms. The van der Waals surface area contributed by atoms with Crippen LogP contribution in [0.1, 0.15) is 42.6 Å². The van der Waals surface area contributed by atoms with E-state index in [-0.39, 0.29) is 12.6 Å². The van der Waals surface area contributed by atoms with Crippen molar-refractivity contribution in [1.29, 1.82) is 0 Å². The van der Waals surface area contributed by atoms with Crippen LogP contribution in [-0.4, -0.2) is 29.4 Å². The molecule has 0 fully saturated rings. The van der Waals surface area contributed by atoms with Crippen LogP contribution < -0.4 is 5.32 Å². The number of aryl methyl sites for hydroxylation is 2. The number of aliphatic hydroxyl groups excluding tert-OH is 2. The lowest BCUT2D eigenvalue weighted by Gasteiger charge is -2.21. The van der Waals surface area contributed by atoms with Gasteiger partial charge in [0.05, 0.1) is 6.10 Å². The van der Waals surface area contributed by atoms with Gasteiger partial charge >= 0.3 is 0 Å². The number of fused-ring (bicyclic) bond motifs is 1. The molecule has 100 valence electrons.